The van der Waals surface area contributed by atoms with E-state index in [4.69, 9.17) is 5.73 Å². The first kappa shape index (κ1) is 13.5. The average Bonchev–Trinajstić information content (AvgIpc) is 2.76. The largest absolute Gasteiger partial charge is 0.321 e. The van der Waals surface area contributed by atoms with Crippen molar-refractivity contribution in [3.05, 3.63) is 56.7 Å². The first-order valence-electron chi connectivity index (χ1n) is 5.71. The fourth-order valence-corrected chi connectivity index (χ4v) is 3.22. The molecule has 0 saturated carbocycles. The highest BCUT2D eigenvalue weighted by molar-refractivity contribution is 9.11. The molecule has 2 nitrogen and oxygen atoms in total. The van der Waals surface area contributed by atoms with Crippen LogP contribution < -0.4 is 5.73 Å². The Balaban J connectivity index is 1.93. The van der Waals surface area contributed by atoms with E-state index in [0.717, 1.165) is 14.2 Å². The molecule has 1 heterocycles. The smallest absolute Gasteiger partial charge is 0.155 e. The van der Waals surface area contributed by atoms with E-state index in [1.165, 1.54) is 0 Å². The van der Waals surface area contributed by atoms with Crippen molar-refractivity contribution in [2.24, 2.45) is 5.73 Å². The molecule has 18 heavy (non-hydrogen) atoms. The van der Waals surface area contributed by atoms with Gasteiger partial charge in [-0.25, -0.2) is 0 Å². The van der Waals surface area contributed by atoms with E-state index in [1.807, 2.05) is 42.5 Å². The summed E-state index contributed by atoms with van der Waals surface area (Å²) >= 11 is 4.97. The summed E-state index contributed by atoms with van der Waals surface area (Å²) in [6, 6.07) is 13.4. The molecule has 0 aliphatic heterocycles. The molecule has 1 aromatic heterocycles. The lowest BCUT2D eigenvalue weighted by atomic mass is 10.0. The van der Waals surface area contributed by atoms with Crippen LogP contribution in [0.5, 0.6) is 0 Å². The quantitative estimate of drug-likeness (QED) is 0.918. The van der Waals surface area contributed by atoms with Crippen LogP contribution in [-0.4, -0.2) is 11.8 Å². The van der Waals surface area contributed by atoms with Crippen LogP contribution in [0, 0.1) is 0 Å². The Morgan fingerprint density at radius 1 is 1.22 bits per heavy atom. The summed E-state index contributed by atoms with van der Waals surface area (Å²) in [5, 5.41) is 0. The monoisotopic (exact) mass is 323 g/mol. The number of halogens is 1. The fraction of sp³-hybridized carbons (Fsp3) is 0.214. The predicted octanol–water partition coefficient (Wildman–Crippen LogP) is 3.19. The number of hydrogen-bond acceptors (Lipinski definition) is 3. The second kappa shape index (κ2) is 6.27. The molecule has 0 bridgehead atoms. The summed E-state index contributed by atoms with van der Waals surface area (Å²) in [6.45, 7) is 0. The fourth-order valence-electron chi connectivity index (χ4n) is 1.73. The zero-order valence-electron chi connectivity index (χ0n) is 9.80. The Hall–Kier alpha value is -0.970. The lowest BCUT2D eigenvalue weighted by Crippen LogP contribution is -2.33. The standard InChI is InChI=1S/C14H14BrNOS/c15-14-7-6-11(18-14)9-13(17)12(16)8-10-4-2-1-3-5-10/h1-7,12H,8-9,16H2. The van der Waals surface area contributed by atoms with Gasteiger partial charge >= 0.3 is 0 Å². The molecule has 94 valence electrons. The maximum atomic E-state index is 12.0. The van der Waals surface area contributed by atoms with Crippen LogP contribution in [0.15, 0.2) is 46.3 Å². The van der Waals surface area contributed by atoms with Gasteiger partial charge in [0.05, 0.1) is 9.83 Å². The normalized spacial score (nSPS) is 12.3. The number of carbonyl (C=O) groups excluding carboxylic acids is 1. The molecule has 1 atom stereocenters. The molecule has 2 rings (SSSR count). The van der Waals surface area contributed by atoms with E-state index in [2.05, 4.69) is 15.9 Å². The van der Waals surface area contributed by atoms with Crippen LogP contribution in [-0.2, 0) is 17.6 Å². The molecule has 1 aromatic carbocycles. The number of benzene rings is 1. The zero-order chi connectivity index (χ0) is 13.0. The Morgan fingerprint density at radius 3 is 2.56 bits per heavy atom. The maximum absolute atomic E-state index is 12.0. The molecule has 0 radical (unpaired) electrons. The summed E-state index contributed by atoms with van der Waals surface area (Å²) in [5.74, 6) is 0.0909. The Labute approximate surface area is 119 Å². The van der Waals surface area contributed by atoms with E-state index < -0.39 is 6.04 Å². The van der Waals surface area contributed by atoms with Gasteiger partial charge in [0.15, 0.2) is 5.78 Å². The van der Waals surface area contributed by atoms with Crippen molar-refractivity contribution in [2.45, 2.75) is 18.9 Å². The highest BCUT2D eigenvalue weighted by Crippen LogP contribution is 2.22. The van der Waals surface area contributed by atoms with Crippen LogP contribution in [0.1, 0.15) is 10.4 Å². The summed E-state index contributed by atoms with van der Waals surface area (Å²) in [4.78, 5) is 13.0. The molecule has 4 heteroatoms. The number of thiophene rings is 1. The number of rotatable bonds is 5. The van der Waals surface area contributed by atoms with Crippen molar-refractivity contribution in [1.82, 2.24) is 0 Å². The van der Waals surface area contributed by atoms with E-state index in [9.17, 15) is 4.79 Å². The van der Waals surface area contributed by atoms with Gasteiger partial charge < -0.3 is 5.73 Å². The van der Waals surface area contributed by atoms with Gasteiger partial charge in [0.2, 0.25) is 0 Å². The minimum Gasteiger partial charge on any atom is -0.321 e. The third-order valence-corrected chi connectivity index (χ3v) is 4.31. The Morgan fingerprint density at radius 2 is 1.94 bits per heavy atom. The highest BCUT2D eigenvalue weighted by atomic mass is 79.9. The van der Waals surface area contributed by atoms with Crippen LogP contribution in [0.25, 0.3) is 0 Å². The molecule has 2 N–H and O–H groups in total. The van der Waals surface area contributed by atoms with Crippen LogP contribution in [0.4, 0.5) is 0 Å². The van der Waals surface area contributed by atoms with E-state index in [1.54, 1.807) is 11.3 Å². The van der Waals surface area contributed by atoms with E-state index >= 15 is 0 Å². The second-order valence-corrected chi connectivity index (χ2v) is 6.69. The number of Topliss-reactive ketones (excluding diaryl/α,β-unsaturated/α-hetero) is 1. The molecular formula is C14H14BrNOS. The molecule has 0 aliphatic carbocycles. The number of ketones is 1. The van der Waals surface area contributed by atoms with E-state index in [-0.39, 0.29) is 5.78 Å². The lowest BCUT2D eigenvalue weighted by molar-refractivity contribution is -0.119. The molecule has 0 spiro atoms. The van der Waals surface area contributed by atoms with Crippen LogP contribution in [0.3, 0.4) is 0 Å². The third kappa shape index (κ3) is 3.77. The molecular weight excluding hydrogens is 310 g/mol. The Bertz CT molecular complexity index is 524. The first-order chi connectivity index (χ1) is 8.65. The van der Waals surface area contributed by atoms with Crippen molar-refractivity contribution < 1.29 is 4.79 Å². The van der Waals surface area contributed by atoms with Crippen LogP contribution in [0.2, 0.25) is 0 Å². The lowest BCUT2D eigenvalue weighted by Gasteiger charge is -2.09. The van der Waals surface area contributed by atoms with Gasteiger partial charge in [0, 0.05) is 11.3 Å². The molecule has 1 unspecified atom stereocenters. The highest BCUT2D eigenvalue weighted by Gasteiger charge is 2.15. The van der Waals surface area contributed by atoms with Crippen LogP contribution >= 0.6 is 27.3 Å². The van der Waals surface area contributed by atoms with E-state index in [0.29, 0.717) is 12.8 Å². The number of carbonyl (C=O) groups is 1. The molecule has 0 fully saturated rings. The maximum Gasteiger partial charge on any atom is 0.155 e. The van der Waals surface area contributed by atoms with Gasteiger partial charge in [-0.05, 0) is 40.0 Å². The van der Waals surface area contributed by atoms with Crippen molar-refractivity contribution in [2.75, 3.05) is 0 Å². The van der Waals surface area contributed by atoms with Gasteiger partial charge in [0.1, 0.15) is 0 Å². The molecule has 0 saturated heterocycles. The molecule has 2 aromatic rings. The topological polar surface area (TPSA) is 43.1 Å². The van der Waals surface area contributed by atoms with Gasteiger partial charge in [-0.3, -0.25) is 4.79 Å². The summed E-state index contributed by atoms with van der Waals surface area (Å²) in [5.41, 5.74) is 7.05. The van der Waals surface area contributed by atoms with Crippen molar-refractivity contribution >= 4 is 33.0 Å². The minimum absolute atomic E-state index is 0.0909. The second-order valence-electron chi connectivity index (χ2n) is 4.15. The van der Waals surface area contributed by atoms with Gasteiger partial charge in [-0.2, -0.15) is 0 Å². The van der Waals surface area contributed by atoms with Crippen molar-refractivity contribution in [3.8, 4) is 0 Å². The number of hydrogen-bond donors (Lipinski definition) is 1. The van der Waals surface area contributed by atoms with Gasteiger partial charge in [0.25, 0.3) is 0 Å². The zero-order valence-corrected chi connectivity index (χ0v) is 12.2. The number of nitrogens with two attached hydrogens (primary N) is 1. The predicted molar refractivity (Wildman–Crippen MR) is 78.9 cm³/mol. The molecule has 0 aliphatic rings. The third-order valence-electron chi connectivity index (χ3n) is 2.69. The minimum atomic E-state index is -0.423. The summed E-state index contributed by atoms with van der Waals surface area (Å²) < 4.78 is 1.04. The van der Waals surface area contributed by atoms with Crippen molar-refractivity contribution in [3.63, 3.8) is 0 Å². The van der Waals surface area contributed by atoms with Crippen molar-refractivity contribution in [1.29, 1.82) is 0 Å². The SMILES string of the molecule is NC(Cc1ccccc1)C(=O)Cc1ccc(Br)s1. The summed E-state index contributed by atoms with van der Waals surface area (Å²) in [7, 11) is 0. The Kier molecular flexibility index (Phi) is 4.69. The van der Waals surface area contributed by atoms with Gasteiger partial charge in [-0.15, -0.1) is 11.3 Å². The summed E-state index contributed by atoms with van der Waals surface area (Å²) in [6.07, 6.45) is 1.02. The first-order valence-corrected chi connectivity index (χ1v) is 7.32. The van der Waals surface area contributed by atoms with Gasteiger partial charge in [-0.1, -0.05) is 30.3 Å². The average molecular weight is 324 g/mol. The molecule has 0 amide bonds.